The summed E-state index contributed by atoms with van der Waals surface area (Å²) in [6.45, 7) is 0.803. The normalized spacial score (nSPS) is 17.0. The van der Waals surface area contributed by atoms with Crippen LogP contribution in [0.4, 0.5) is 23.0 Å². The van der Waals surface area contributed by atoms with Crippen LogP contribution in [0.5, 0.6) is 0 Å². The largest absolute Gasteiger partial charge is 0.417 e. The Bertz CT molecular complexity index is 868. The molecule has 5 nitrogen and oxygen atoms in total. The highest BCUT2D eigenvalue weighted by Crippen LogP contribution is 2.35. The molecule has 0 radical (unpaired) electrons. The zero-order valence-electron chi connectivity index (χ0n) is 14.8. The quantitative estimate of drug-likeness (QED) is 0.696. The van der Waals surface area contributed by atoms with Gasteiger partial charge in [0.15, 0.2) is 0 Å². The number of carbonyl (C=O) groups excluding carboxylic acids is 1. The topological polar surface area (TPSA) is 53.9 Å². The van der Waals surface area contributed by atoms with Crippen molar-refractivity contribution in [2.24, 2.45) is 11.0 Å². The van der Waals surface area contributed by atoms with Crippen molar-refractivity contribution in [3.05, 3.63) is 51.9 Å². The summed E-state index contributed by atoms with van der Waals surface area (Å²) < 4.78 is 43.3. The lowest BCUT2D eigenvalue weighted by Gasteiger charge is -2.14. The molecule has 0 fully saturated rings. The molecule has 0 bridgehead atoms. The third kappa shape index (κ3) is 4.84. The third-order valence-electron chi connectivity index (χ3n) is 4.21. The van der Waals surface area contributed by atoms with Crippen LogP contribution >= 0.6 is 22.9 Å². The summed E-state index contributed by atoms with van der Waals surface area (Å²) in [5.74, 6) is -0.0547. The van der Waals surface area contributed by atoms with Gasteiger partial charge < -0.3 is 4.74 Å². The summed E-state index contributed by atoms with van der Waals surface area (Å²) in [6.07, 6.45) is -3.79. The highest BCUT2D eigenvalue weighted by Gasteiger charge is 2.33. The number of thiophene rings is 1. The van der Waals surface area contributed by atoms with E-state index in [0.717, 1.165) is 28.3 Å². The summed E-state index contributed by atoms with van der Waals surface area (Å²) in [7, 11) is 1.59. The molecule has 3 rings (SSSR count). The molecule has 0 spiro atoms. The van der Waals surface area contributed by atoms with Crippen LogP contribution in [0.15, 0.2) is 40.8 Å². The molecule has 150 valence electrons. The van der Waals surface area contributed by atoms with Gasteiger partial charge in [-0.15, -0.1) is 11.3 Å². The standard InChI is InChI=1S/C18H17ClF3N3O2S/c1-27-7-6-12-9-25(24-16(12)11-2-4-14(19)5-3-11)17(26)23-15-8-13(10-28-15)18(20,21)22/h2-5,8,10,12H,6-7,9H2,1H3,(H,23,26). The summed E-state index contributed by atoms with van der Waals surface area (Å²) in [4.78, 5) is 12.5. The van der Waals surface area contributed by atoms with Crippen LogP contribution in [-0.2, 0) is 10.9 Å². The van der Waals surface area contributed by atoms with Crippen molar-refractivity contribution < 1.29 is 22.7 Å². The van der Waals surface area contributed by atoms with Gasteiger partial charge in [0.2, 0.25) is 0 Å². The first kappa shape index (κ1) is 20.6. The molecule has 0 saturated heterocycles. The molecule has 2 aromatic rings. The lowest BCUT2D eigenvalue weighted by molar-refractivity contribution is -0.137. The van der Waals surface area contributed by atoms with E-state index in [2.05, 4.69) is 10.4 Å². The van der Waals surface area contributed by atoms with Crippen LogP contribution in [0.1, 0.15) is 17.5 Å². The number of anilines is 1. The number of hydrazone groups is 1. The Morgan fingerprint density at radius 1 is 1.39 bits per heavy atom. The van der Waals surface area contributed by atoms with Gasteiger partial charge in [-0.2, -0.15) is 18.3 Å². The lowest BCUT2D eigenvalue weighted by Crippen LogP contribution is -2.30. The maximum atomic E-state index is 12.7. The lowest BCUT2D eigenvalue weighted by atomic mass is 9.95. The molecule has 1 N–H and O–H groups in total. The van der Waals surface area contributed by atoms with Crippen LogP contribution in [0.25, 0.3) is 0 Å². The molecule has 1 atom stereocenters. The van der Waals surface area contributed by atoms with Gasteiger partial charge in [-0.25, -0.2) is 9.80 Å². The van der Waals surface area contributed by atoms with E-state index in [9.17, 15) is 18.0 Å². The van der Waals surface area contributed by atoms with Gasteiger partial charge >= 0.3 is 12.2 Å². The smallest absolute Gasteiger partial charge is 0.385 e. The van der Waals surface area contributed by atoms with Crippen LogP contribution in [-0.4, -0.2) is 37.0 Å². The van der Waals surface area contributed by atoms with Gasteiger partial charge in [0, 0.05) is 30.0 Å². The Kier molecular flexibility index (Phi) is 6.26. The van der Waals surface area contributed by atoms with Crippen molar-refractivity contribution in [2.75, 3.05) is 25.6 Å². The van der Waals surface area contributed by atoms with E-state index in [0.29, 0.717) is 30.3 Å². The maximum Gasteiger partial charge on any atom is 0.417 e. The summed E-state index contributed by atoms with van der Waals surface area (Å²) >= 11 is 6.74. The number of ether oxygens (including phenoxy) is 1. The number of nitrogens with one attached hydrogen (secondary N) is 1. The summed E-state index contributed by atoms with van der Waals surface area (Å²) in [5, 5.41) is 9.77. The molecular weight excluding hydrogens is 415 g/mol. The number of alkyl halides is 3. The van der Waals surface area contributed by atoms with Crippen molar-refractivity contribution in [2.45, 2.75) is 12.6 Å². The Hall–Kier alpha value is -2.10. The van der Waals surface area contributed by atoms with E-state index in [1.807, 2.05) is 12.1 Å². The van der Waals surface area contributed by atoms with Gasteiger partial charge in [-0.1, -0.05) is 23.7 Å². The Balaban J connectivity index is 1.76. The molecule has 0 aliphatic carbocycles. The molecule has 1 unspecified atom stereocenters. The minimum Gasteiger partial charge on any atom is -0.385 e. The van der Waals surface area contributed by atoms with E-state index in [1.54, 1.807) is 19.2 Å². The van der Waals surface area contributed by atoms with Crippen LogP contribution < -0.4 is 5.32 Å². The van der Waals surface area contributed by atoms with Crippen molar-refractivity contribution >= 4 is 39.7 Å². The predicted octanol–water partition coefficient (Wildman–Crippen LogP) is 5.32. The van der Waals surface area contributed by atoms with Crippen LogP contribution in [0.2, 0.25) is 5.02 Å². The highest BCUT2D eigenvalue weighted by molar-refractivity contribution is 7.14. The van der Waals surface area contributed by atoms with E-state index in [4.69, 9.17) is 16.3 Å². The Labute approximate surface area is 168 Å². The zero-order chi connectivity index (χ0) is 20.3. The van der Waals surface area contributed by atoms with Gasteiger partial charge in [0.1, 0.15) is 0 Å². The number of hydrogen-bond donors (Lipinski definition) is 1. The fourth-order valence-corrected chi connectivity index (χ4v) is 3.72. The Morgan fingerprint density at radius 2 is 2.11 bits per heavy atom. The fourth-order valence-electron chi connectivity index (χ4n) is 2.80. The average molecular weight is 432 g/mol. The predicted molar refractivity (Wildman–Crippen MR) is 103 cm³/mol. The first-order valence-electron chi connectivity index (χ1n) is 8.35. The van der Waals surface area contributed by atoms with Crippen molar-refractivity contribution in [3.63, 3.8) is 0 Å². The van der Waals surface area contributed by atoms with E-state index < -0.39 is 17.8 Å². The van der Waals surface area contributed by atoms with Crippen molar-refractivity contribution in [1.82, 2.24) is 5.01 Å². The minimum atomic E-state index is -4.45. The number of halogens is 4. The van der Waals surface area contributed by atoms with Crippen LogP contribution in [0, 0.1) is 5.92 Å². The summed E-state index contributed by atoms with van der Waals surface area (Å²) in [6, 6.07) is 7.43. The number of hydrogen-bond acceptors (Lipinski definition) is 4. The number of urea groups is 1. The molecule has 10 heteroatoms. The molecule has 28 heavy (non-hydrogen) atoms. The third-order valence-corrected chi connectivity index (χ3v) is 5.31. The van der Waals surface area contributed by atoms with Crippen LogP contribution in [0.3, 0.4) is 0 Å². The van der Waals surface area contributed by atoms with E-state index in [-0.39, 0.29) is 10.9 Å². The zero-order valence-corrected chi connectivity index (χ0v) is 16.4. The number of carbonyl (C=O) groups is 1. The number of methoxy groups -OCH3 is 1. The second-order valence-electron chi connectivity index (χ2n) is 6.18. The van der Waals surface area contributed by atoms with Gasteiger partial charge in [-0.3, -0.25) is 5.32 Å². The highest BCUT2D eigenvalue weighted by atomic mass is 35.5. The van der Waals surface area contributed by atoms with E-state index >= 15 is 0 Å². The molecule has 0 saturated carbocycles. The number of amides is 2. The van der Waals surface area contributed by atoms with Gasteiger partial charge in [0.05, 0.1) is 22.8 Å². The van der Waals surface area contributed by atoms with Crippen molar-refractivity contribution in [1.29, 1.82) is 0 Å². The summed E-state index contributed by atoms with van der Waals surface area (Å²) in [5.41, 5.74) is 0.750. The first-order chi connectivity index (χ1) is 13.3. The van der Waals surface area contributed by atoms with Gasteiger partial charge in [0.25, 0.3) is 0 Å². The maximum absolute atomic E-state index is 12.7. The molecule has 1 aliphatic rings. The van der Waals surface area contributed by atoms with Gasteiger partial charge in [-0.05, 0) is 30.2 Å². The molecule has 2 heterocycles. The second-order valence-corrected chi connectivity index (χ2v) is 7.53. The second kappa shape index (κ2) is 8.50. The van der Waals surface area contributed by atoms with Crippen molar-refractivity contribution in [3.8, 4) is 0 Å². The molecule has 1 aromatic carbocycles. The molecule has 1 aromatic heterocycles. The number of nitrogens with zero attached hydrogens (tertiary/aromatic N) is 2. The monoisotopic (exact) mass is 431 g/mol. The fraction of sp³-hybridized carbons (Fsp3) is 0.333. The molecule has 1 aliphatic heterocycles. The SMILES string of the molecule is COCCC1CN(C(=O)Nc2cc(C(F)(F)F)cs2)N=C1c1ccc(Cl)cc1. The molecule has 2 amide bonds. The van der Waals surface area contributed by atoms with E-state index in [1.165, 1.54) is 5.01 Å². The first-order valence-corrected chi connectivity index (χ1v) is 9.61. The Morgan fingerprint density at radius 3 is 2.71 bits per heavy atom. The average Bonchev–Trinajstić information content (AvgIpc) is 3.27. The number of benzene rings is 1. The number of rotatable bonds is 5. The molecular formula is C18H17ClF3N3O2S. The minimum absolute atomic E-state index is 0.0547.